The Labute approximate surface area is 190 Å². The van der Waals surface area contributed by atoms with Gasteiger partial charge in [0.05, 0.1) is 22.5 Å². The molecule has 1 aromatic heterocycles. The lowest BCUT2D eigenvalue weighted by atomic mass is 10.0. The number of nitrogens with one attached hydrogen (secondary N) is 1. The number of Topliss-reactive ketones (excluding diaryl/α,β-unsaturated/α-hetero) is 1. The summed E-state index contributed by atoms with van der Waals surface area (Å²) in [5, 5.41) is 9.61. The maximum Gasteiger partial charge on any atom is 0.418 e. The molecule has 0 aliphatic carbocycles. The Morgan fingerprint density at radius 2 is 1.84 bits per heavy atom. The Morgan fingerprint density at radius 3 is 2.50 bits per heavy atom. The molecule has 0 bridgehead atoms. The monoisotopic (exact) mass is 536 g/mol. The van der Waals surface area contributed by atoms with Crippen LogP contribution in [0.15, 0.2) is 48.7 Å². The van der Waals surface area contributed by atoms with Gasteiger partial charge in [0.2, 0.25) is 5.28 Å². The molecule has 32 heavy (non-hydrogen) atoms. The van der Waals surface area contributed by atoms with Gasteiger partial charge in [0, 0.05) is 6.20 Å². The molecule has 2 aromatic carbocycles. The van der Waals surface area contributed by atoms with Gasteiger partial charge < -0.3 is 0 Å². The Balaban J connectivity index is 1.92. The zero-order chi connectivity index (χ0) is 23.6. The zero-order valence-electron chi connectivity index (χ0n) is 15.5. The zero-order valence-corrected chi connectivity index (χ0v) is 17.9. The van der Waals surface area contributed by atoms with Crippen LogP contribution in [0.1, 0.15) is 26.4 Å². The van der Waals surface area contributed by atoms with Crippen molar-refractivity contribution in [3.63, 3.8) is 0 Å². The summed E-state index contributed by atoms with van der Waals surface area (Å²) < 4.78 is 68.6. The normalized spacial score (nSPS) is 12.4. The quantitative estimate of drug-likeness (QED) is 0.133. The van der Waals surface area contributed by atoms with Crippen molar-refractivity contribution in [2.75, 3.05) is 10.6 Å². The van der Waals surface area contributed by atoms with Gasteiger partial charge in [-0.2, -0.15) is 18.3 Å². The van der Waals surface area contributed by atoms with E-state index >= 15 is 0 Å². The summed E-state index contributed by atoms with van der Waals surface area (Å²) in [5.74, 6) is -3.41. The fourth-order valence-corrected chi connectivity index (χ4v) is 3.35. The van der Waals surface area contributed by atoms with E-state index in [2.05, 4.69) is 25.9 Å². The summed E-state index contributed by atoms with van der Waals surface area (Å²) in [6, 6.07) is 6.78. The smallest absolute Gasteiger partial charge is 0.292 e. The molecule has 1 unspecified atom stereocenters. The number of nitrogens with zero attached hydrogens (tertiary/aromatic N) is 3. The van der Waals surface area contributed by atoms with Gasteiger partial charge in [0.15, 0.2) is 17.4 Å². The van der Waals surface area contributed by atoms with E-state index < -0.39 is 50.9 Å². The van der Waals surface area contributed by atoms with Crippen LogP contribution in [-0.2, 0) is 6.18 Å². The number of carbonyl (C=O) groups excluding carboxylic acids is 1. The molecule has 0 spiro atoms. The predicted octanol–water partition coefficient (Wildman–Crippen LogP) is 5.97. The van der Waals surface area contributed by atoms with E-state index in [0.717, 1.165) is 18.2 Å². The van der Waals surface area contributed by atoms with Gasteiger partial charge in [0.25, 0.3) is 0 Å². The van der Waals surface area contributed by atoms with E-state index in [4.69, 9.17) is 11.6 Å². The molecular weight excluding hydrogens is 527 g/mol. The van der Waals surface area contributed by atoms with Crippen LogP contribution in [0.2, 0.25) is 5.28 Å². The van der Waals surface area contributed by atoms with Gasteiger partial charge in [-0.05, 0) is 41.9 Å². The third-order valence-electron chi connectivity index (χ3n) is 4.13. The number of hydrogen-bond acceptors (Lipinski definition) is 6. The van der Waals surface area contributed by atoms with E-state index in [1.54, 1.807) is 0 Å². The number of aromatic nitrogens is 2. The number of anilines is 2. The van der Waals surface area contributed by atoms with Crippen LogP contribution in [0.5, 0.6) is 0 Å². The number of hydrazine groups is 1. The molecule has 0 saturated carbocycles. The minimum atomic E-state index is -5.00. The summed E-state index contributed by atoms with van der Waals surface area (Å²) in [6.45, 7) is 0. The molecule has 0 aliphatic heterocycles. The van der Waals surface area contributed by atoms with Crippen molar-refractivity contribution >= 4 is 44.7 Å². The number of ketones is 1. The van der Waals surface area contributed by atoms with E-state index in [-0.39, 0.29) is 16.1 Å². The van der Waals surface area contributed by atoms with Gasteiger partial charge in [0.1, 0.15) is 10.5 Å². The third-order valence-corrected chi connectivity index (χ3v) is 5.20. The van der Waals surface area contributed by atoms with E-state index in [9.17, 15) is 32.0 Å². The lowest BCUT2D eigenvalue weighted by Crippen LogP contribution is -2.30. The lowest BCUT2D eigenvalue weighted by molar-refractivity contribution is -0.137. The van der Waals surface area contributed by atoms with Gasteiger partial charge in [-0.1, -0.05) is 28.1 Å². The highest BCUT2D eigenvalue weighted by atomic mass is 79.9. The van der Waals surface area contributed by atoms with Gasteiger partial charge >= 0.3 is 6.18 Å². The van der Waals surface area contributed by atoms with Crippen molar-refractivity contribution in [1.29, 1.82) is 0 Å². The fraction of sp³-hybridized carbons (Fsp3) is 0.105. The van der Waals surface area contributed by atoms with E-state index in [0.29, 0.717) is 12.1 Å². The molecule has 0 amide bonds. The first-order valence-corrected chi connectivity index (χ1v) is 9.86. The molecule has 1 heterocycles. The van der Waals surface area contributed by atoms with Crippen molar-refractivity contribution in [2.45, 2.75) is 11.0 Å². The second-order valence-electron chi connectivity index (χ2n) is 6.20. The van der Waals surface area contributed by atoms with Crippen molar-refractivity contribution in [3.05, 3.63) is 82.4 Å². The Bertz CT molecular complexity index is 1160. The Morgan fingerprint density at radius 1 is 1.16 bits per heavy atom. The minimum absolute atomic E-state index is 0.137. The number of para-hydroxylation sites is 1. The number of rotatable bonds is 6. The molecule has 3 aromatic rings. The van der Waals surface area contributed by atoms with Crippen LogP contribution in [0, 0.1) is 11.6 Å². The molecule has 1 atom stereocenters. The molecule has 0 saturated heterocycles. The van der Waals surface area contributed by atoms with Crippen LogP contribution in [0.25, 0.3) is 0 Å². The molecular formula is C19H11BrClF5N4O2. The highest BCUT2D eigenvalue weighted by Crippen LogP contribution is 2.38. The number of carbonyl (C=O) groups is 1. The van der Waals surface area contributed by atoms with Gasteiger partial charge in [-0.3, -0.25) is 15.4 Å². The van der Waals surface area contributed by atoms with Crippen LogP contribution < -0.4 is 10.6 Å². The lowest BCUT2D eigenvalue weighted by Gasteiger charge is -2.23. The predicted molar refractivity (Wildman–Crippen MR) is 109 cm³/mol. The standard InChI is InChI=1S/C19H11BrClF5N4O2/c20-14(12-7-8-27-18(21)28-12)17(31)9-3-1-6-13(15(9)23)29-30(32)16-10(19(24,25)26)4-2-5-11(16)22/h1-8,14,29,32H. The SMILES string of the molecule is O=C(c1cccc(NN(O)c2c(F)cccc2C(F)(F)F)c1F)C(Br)c1ccnc(Cl)n1. The maximum atomic E-state index is 15.0. The average Bonchev–Trinajstić information content (AvgIpc) is 2.73. The first kappa shape index (κ1) is 23.8. The second-order valence-corrected chi connectivity index (χ2v) is 7.46. The van der Waals surface area contributed by atoms with Gasteiger partial charge in [-0.15, -0.1) is 0 Å². The molecule has 2 N–H and O–H groups in total. The molecule has 168 valence electrons. The van der Waals surface area contributed by atoms with Crippen molar-refractivity contribution < 1.29 is 32.0 Å². The first-order valence-electron chi connectivity index (χ1n) is 8.57. The average molecular weight is 538 g/mol. The third kappa shape index (κ3) is 4.97. The van der Waals surface area contributed by atoms with Crippen LogP contribution in [-0.4, -0.2) is 21.0 Å². The number of benzene rings is 2. The number of hydrogen-bond donors (Lipinski definition) is 2. The van der Waals surface area contributed by atoms with Crippen LogP contribution in [0.3, 0.4) is 0 Å². The maximum absolute atomic E-state index is 15.0. The summed E-state index contributed by atoms with van der Waals surface area (Å²) in [4.78, 5) is 19.1. The summed E-state index contributed by atoms with van der Waals surface area (Å²) >= 11 is 8.78. The minimum Gasteiger partial charge on any atom is -0.292 e. The van der Waals surface area contributed by atoms with Crippen molar-refractivity contribution in [2.24, 2.45) is 0 Å². The molecule has 13 heteroatoms. The summed E-state index contributed by atoms with van der Waals surface area (Å²) in [6.07, 6.45) is -3.71. The second kappa shape index (κ2) is 9.35. The van der Waals surface area contributed by atoms with Crippen LogP contribution >= 0.6 is 27.5 Å². The van der Waals surface area contributed by atoms with Crippen molar-refractivity contribution in [3.8, 4) is 0 Å². The Hall–Kier alpha value is -2.83. The molecule has 3 rings (SSSR count). The van der Waals surface area contributed by atoms with E-state index in [1.807, 2.05) is 5.43 Å². The molecule has 0 radical (unpaired) electrons. The first-order chi connectivity index (χ1) is 15.0. The topological polar surface area (TPSA) is 78.4 Å². The summed E-state index contributed by atoms with van der Waals surface area (Å²) in [7, 11) is 0. The number of alkyl halides is 4. The van der Waals surface area contributed by atoms with Crippen molar-refractivity contribution in [1.82, 2.24) is 9.97 Å². The van der Waals surface area contributed by atoms with Crippen LogP contribution in [0.4, 0.5) is 33.3 Å². The highest BCUT2D eigenvalue weighted by Gasteiger charge is 2.37. The highest BCUT2D eigenvalue weighted by molar-refractivity contribution is 9.09. The summed E-state index contributed by atoms with van der Waals surface area (Å²) in [5.41, 5.74) is -1.78. The molecule has 6 nitrogen and oxygen atoms in total. The van der Waals surface area contributed by atoms with Gasteiger partial charge in [-0.25, -0.2) is 18.7 Å². The molecule has 0 fully saturated rings. The largest absolute Gasteiger partial charge is 0.418 e. The fourth-order valence-electron chi connectivity index (χ4n) is 2.70. The number of halogens is 7. The van der Waals surface area contributed by atoms with E-state index in [1.165, 1.54) is 18.3 Å². The molecule has 0 aliphatic rings. The Kier molecular flexibility index (Phi) is 6.96.